The summed E-state index contributed by atoms with van der Waals surface area (Å²) in [6, 6.07) is 20.5. The van der Waals surface area contributed by atoms with E-state index in [0.29, 0.717) is 24.5 Å². The molecule has 5 nitrogen and oxygen atoms in total. The average Bonchev–Trinajstić information content (AvgIpc) is 3.62. The van der Waals surface area contributed by atoms with Gasteiger partial charge in [0.05, 0.1) is 32.0 Å². The van der Waals surface area contributed by atoms with Gasteiger partial charge in [0.1, 0.15) is 18.0 Å². The van der Waals surface area contributed by atoms with E-state index in [4.69, 9.17) is 18.9 Å². The van der Waals surface area contributed by atoms with Crippen LogP contribution < -0.4 is 9.47 Å². The highest BCUT2D eigenvalue weighted by Crippen LogP contribution is 2.48. The van der Waals surface area contributed by atoms with Crippen LogP contribution in [0.3, 0.4) is 0 Å². The number of nitrogens with zero attached hydrogens (tertiary/aromatic N) is 1. The highest BCUT2D eigenvalue weighted by Gasteiger charge is 2.48. The van der Waals surface area contributed by atoms with Crippen molar-refractivity contribution < 1.29 is 23.3 Å². The number of hydrogen-bond acceptors (Lipinski definition) is 5. The first kappa shape index (κ1) is 20.9. The second kappa shape index (κ2) is 8.76. The minimum absolute atomic E-state index is 0.0546. The Balaban J connectivity index is 1.84. The van der Waals surface area contributed by atoms with Crippen molar-refractivity contribution in [3.05, 3.63) is 83.2 Å². The molecule has 31 heavy (non-hydrogen) atoms. The molecule has 1 fully saturated rings. The van der Waals surface area contributed by atoms with Gasteiger partial charge in [0.15, 0.2) is 11.6 Å². The van der Waals surface area contributed by atoms with Gasteiger partial charge in [-0.2, -0.15) is 5.26 Å². The number of halogens is 1. The summed E-state index contributed by atoms with van der Waals surface area (Å²) in [6.07, 6.45) is 0. The van der Waals surface area contributed by atoms with E-state index in [1.807, 2.05) is 42.5 Å². The van der Waals surface area contributed by atoms with Crippen molar-refractivity contribution >= 4 is 0 Å². The zero-order chi connectivity index (χ0) is 21.8. The molecule has 1 saturated heterocycles. The zero-order valence-corrected chi connectivity index (χ0v) is 17.4. The van der Waals surface area contributed by atoms with Crippen LogP contribution in [0, 0.1) is 17.1 Å². The van der Waals surface area contributed by atoms with Crippen LogP contribution in [-0.4, -0.2) is 34.0 Å². The van der Waals surface area contributed by atoms with Gasteiger partial charge in [0, 0.05) is 18.2 Å². The van der Waals surface area contributed by atoms with Crippen LogP contribution in [0.2, 0.25) is 0 Å². The number of benzene rings is 3. The van der Waals surface area contributed by atoms with Gasteiger partial charge in [-0.1, -0.05) is 36.4 Å². The van der Waals surface area contributed by atoms with Gasteiger partial charge < -0.3 is 18.9 Å². The lowest BCUT2D eigenvalue weighted by molar-refractivity contribution is 0.144. The molecule has 3 aromatic rings. The first-order chi connectivity index (χ1) is 15.1. The van der Waals surface area contributed by atoms with Gasteiger partial charge in [-0.05, 0) is 35.4 Å². The summed E-state index contributed by atoms with van der Waals surface area (Å²) in [6.45, 7) is 1.04. The second-order valence-electron chi connectivity index (χ2n) is 7.15. The molecule has 1 aliphatic heterocycles. The Labute approximate surface area is 180 Å². The molecular formula is C25H22FNO4. The summed E-state index contributed by atoms with van der Waals surface area (Å²) < 4.78 is 37.4. The van der Waals surface area contributed by atoms with Gasteiger partial charge in [-0.15, -0.1) is 0 Å². The molecule has 1 atom stereocenters. The fraction of sp³-hybridized carbons (Fsp3) is 0.240. The molecule has 0 saturated carbocycles. The van der Waals surface area contributed by atoms with Crippen LogP contribution >= 0.6 is 0 Å². The Hall–Kier alpha value is -3.40. The van der Waals surface area contributed by atoms with E-state index in [2.05, 4.69) is 6.07 Å². The van der Waals surface area contributed by atoms with Crippen LogP contribution in [-0.2, 0) is 15.1 Å². The largest absolute Gasteiger partial charge is 0.496 e. The molecular weight excluding hydrogens is 397 g/mol. The van der Waals surface area contributed by atoms with Crippen LogP contribution in [0.5, 0.6) is 11.5 Å². The van der Waals surface area contributed by atoms with Crippen molar-refractivity contribution in [2.45, 2.75) is 5.60 Å². The minimum Gasteiger partial charge on any atom is -0.496 e. The van der Waals surface area contributed by atoms with E-state index in [1.165, 1.54) is 13.2 Å². The first-order valence-electron chi connectivity index (χ1n) is 9.87. The molecule has 0 aromatic heterocycles. The lowest BCUT2D eigenvalue weighted by atomic mass is 9.88. The zero-order valence-electron chi connectivity index (χ0n) is 17.4. The Morgan fingerprint density at radius 3 is 2.39 bits per heavy atom. The smallest absolute Gasteiger partial charge is 0.174 e. The maximum absolute atomic E-state index is 15.5. The fourth-order valence-corrected chi connectivity index (χ4v) is 3.69. The highest BCUT2D eigenvalue weighted by atomic mass is 19.1. The van der Waals surface area contributed by atoms with Crippen molar-refractivity contribution in [2.24, 2.45) is 0 Å². The van der Waals surface area contributed by atoms with Gasteiger partial charge in [-0.25, -0.2) is 4.39 Å². The van der Waals surface area contributed by atoms with Gasteiger partial charge >= 0.3 is 0 Å². The lowest BCUT2D eigenvalue weighted by Crippen LogP contribution is -2.11. The number of hydrogen-bond donors (Lipinski definition) is 0. The number of nitriles is 1. The molecule has 1 aliphatic rings. The molecule has 6 heteroatoms. The van der Waals surface area contributed by atoms with Crippen LogP contribution in [0.1, 0.15) is 16.7 Å². The predicted octanol–water partition coefficient (Wildman–Crippen LogP) is 4.67. The Morgan fingerprint density at radius 2 is 1.74 bits per heavy atom. The van der Waals surface area contributed by atoms with E-state index in [9.17, 15) is 5.26 Å². The Bertz CT molecular complexity index is 1120. The van der Waals surface area contributed by atoms with E-state index < -0.39 is 11.4 Å². The number of ether oxygens (including phenoxy) is 4. The maximum Gasteiger partial charge on any atom is 0.174 e. The Kier molecular flexibility index (Phi) is 5.90. The third-order valence-corrected chi connectivity index (χ3v) is 5.38. The average molecular weight is 419 g/mol. The number of epoxide rings is 1. The normalized spacial score (nSPS) is 17.1. The Morgan fingerprint density at radius 1 is 1.00 bits per heavy atom. The summed E-state index contributed by atoms with van der Waals surface area (Å²) >= 11 is 0. The van der Waals surface area contributed by atoms with Crippen molar-refractivity contribution in [2.75, 3.05) is 34.0 Å². The van der Waals surface area contributed by atoms with E-state index in [1.54, 1.807) is 19.2 Å². The van der Waals surface area contributed by atoms with Crippen molar-refractivity contribution in [1.82, 2.24) is 0 Å². The standard InChI is InChI=1S/C25H22FNO4/c1-28-12-13-30-22-10-8-17(15-27)23(24(22)26)20-14-19(9-11-21(20)29-2)25(16-31-25)18-6-4-3-5-7-18/h3-11,14H,12-13,16H2,1-2H3. The van der Waals surface area contributed by atoms with Gasteiger partial charge in [0.2, 0.25) is 0 Å². The van der Waals surface area contributed by atoms with E-state index >= 15 is 4.39 Å². The molecule has 0 amide bonds. The number of methoxy groups -OCH3 is 2. The quantitative estimate of drug-likeness (QED) is 0.392. The summed E-state index contributed by atoms with van der Waals surface area (Å²) in [7, 11) is 3.06. The second-order valence-corrected chi connectivity index (χ2v) is 7.15. The SMILES string of the molecule is COCCOc1ccc(C#N)c(-c2cc(C3(c4ccccc4)CO3)ccc2OC)c1F. The summed E-state index contributed by atoms with van der Waals surface area (Å²) in [5.74, 6) is -0.105. The monoisotopic (exact) mass is 419 g/mol. The van der Waals surface area contributed by atoms with Crippen molar-refractivity contribution in [3.8, 4) is 28.7 Å². The van der Waals surface area contributed by atoms with Crippen molar-refractivity contribution in [1.29, 1.82) is 5.26 Å². The maximum atomic E-state index is 15.5. The minimum atomic E-state index is -0.615. The molecule has 0 N–H and O–H groups in total. The molecule has 4 rings (SSSR count). The molecule has 0 spiro atoms. The van der Waals surface area contributed by atoms with Crippen LogP contribution in [0.25, 0.3) is 11.1 Å². The molecule has 1 unspecified atom stereocenters. The fourth-order valence-electron chi connectivity index (χ4n) is 3.69. The summed E-state index contributed by atoms with van der Waals surface area (Å²) in [5, 5.41) is 9.65. The third-order valence-electron chi connectivity index (χ3n) is 5.38. The van der Waals surface area contributed by atoms with Gasteiger partial charge in [-0.3, -0.25) is 0 Å². The molecule has 1 heterocycles. The molecule has 0 radical (unpaired) electrons. The summed E-state index contributed by atoms with van der Waals surface area (Å²) in [5.41, 5.74) is 2.10. The van der Waals surface area contributed by atoms with Crippen LogP contribution in [0.15, 0.2) is 60.7 Å². The summed E-state index contributed by atoms with van der Waals surface area (Å²) in [4.78, 5) is 0. The van der Waals surface area contributed by atoms with E-state index in [0.717, 1.165) is 11.1 Å². The predicted molar refractivity (Wildman–Crippen MR) is 114 cm³/mol. The van der Waals surface area contributed by atoms with Crippen LogP contribution in [0.4, 0.5) is 4.39 Å². The first-order valence-corrected chi connectivity index (χ1v) is 9.87. The lowest BCUT2D eigenvalue weighted by Gasteiger charge is -2.18. The third kappa shape index (κ3) is 3.86. The highest BCUT2D eigenvalue weighted by molar-refractivity contribution is 5.78. The van der Waals surface area contributed by atoms with Crippen molar-refractivity contribution in [3.63, 3.8) is 0 Å². The molecule has 0 aliphatic carbocycles. The molecule has 3 aromatic carbocycles. The number of rotatable bonds is 8. The topological polar surface area (TPSA) is 64.0 Å². The van der Waals surface area contributed by atoms with E-state index in [-0.39, 0.29) is 23.5 Å². The molecule has 0 bridgehead atoms. The molecule has 158 valence electrons. The van der Waals surface area contributed by atoms with Gasteiger partial charge in [0.25, 0.3) is 0 Å².